The lowest BCUT2D eigenvalue weighted by molar-refractivity contribution is 0.201. The van der Waals surface area contributed by atoms with Gasteiger partial charge in [0.25, 0.3) is 0 Å². The standard InChI is InChI=1S/C17H20N4O2/c1-17(2,3)19-11-14-9-10-18-15(20-14)21(16(22)23)12-13-7-5-4-6-8-13/h4-11H,12H2,1-3H3,(H,22,23). The van der Waals surface area contributed by atoms with Gasteiger partial charge in [-0.25, -0.2) is 19.7 Å². The highest BCUT2D eigenvalue weighted by atomic mass is 16.4. The maximum atomic E-state index is 11.5. The Morgan fingerprint density at radius 1 is 1.26 bits per heavy atom. The van der Waals surface area contributed by atoms with Gasteiger partial charge in [0.15, 0.2) is 0 Å². The zero-order chi connectivity index (χ0) is 16.9. The number of amides is 1. The van der Waals surface area contributed by atoms with Gasteiger partial charge < -0.3 is 5.11 Å². The van der Waals surface area contributed by atoms with E-state index >= 15 is 0 Å². The molecule has 120 valence electrons. The van der Waals surface area contributed by atoms with Crippen LogP contribution in [0.15, 0.2) is 47.6 Å². The molecule has 1 aromatic heterocycles. The maximum absolute atomic E-state index is 11.5. The lowest BCUT2D eigenvalue weighted by atomic mass is 10.1. The molecule has 23 heavy (non-hydrogen) atoms. The first kappa shape index (κ1) is 16.6. The largest absolute Gasteiger partial charge is 0.465 e. The summed E-state index contributed by atoms with van der Waals surface area (Å²) in [7, 11) is 0. The highest BCUT2D eigenvalue weighted by Crippen LogP contribution is 2.13. The van der Waals surface area contributed by atoms with Crippen LogP contribution in [0, 0.1) is 0 Å². The molecule has 2 aromatic rings. The zero-order valence-electron chi connectivity index (χ0n) is 13.5. The highest BCUT2D eigenvalue weighted by Gasteiger charge is 2.18. The van der Waals surface area contributed by atoms with Crippen LogP contribution in [-0.4, -0.2) is 32.9 Å². The van der Waals surface area contributed by atoms with Gasteiger partial charge in [0.1, 0.15) is 0 Å². The van der Waals surface area contributed by atoms with Crippen LogP contribution in [-0.2, 0) is 6.54 Å². The number of carbonyl (C=O) groups is 1. The van der Waals surface area contributed by atoms with Gasteiger partial charge in [-0.2, -0.15) is 0 Å². The van der Waals surface area contributed by atoms with E-state index in [0.717, 1.165) is 10.5 Å². The molecule has 0 aliphatic carbocycles. The molecule has 0 radical (unpaired) electrons. The molecule has 1 aromatic carbocycles. The third kappa shape index (κ3) is 5.18. The summed E-state index contributed by atoms with van der Waals surface area (Å²) in [5.41, 5.74) is 1.22. The number of hydrogen-bond donors (Lipinski definition) is 1. The van der Waals surface area contributed by atoms with Gasteiger partial charge >= 0.3 is 6.09 Å². The van der Waals surface area contributed by atoms with E-state index in [2.05, 4.69) is 15.0 Å². The number of hydrogen-bond acceptors (Lipinski definition) is 4. The van der Waals surface area contributed by atoms with E-state index < -0.39 is 6.09 Å². The lowest BCUT2D eigenvalue weighted by Crippen LogP contribution is -2.30. The van der Waals surface area contributed by atoms with Gasteiger partial charge in [-0.05, 0) is 32.4 Å². The minimum atomic E-state index is -1.10. The average molecular weight is 312 g/mol. The summed E-state index contributed by atoms with van der Waals surface area (Å²) in [5.74, 6) is 0.138. The molecule has 6 nitrogen and oxygen atoms in total. The Morgan fingerprint density at radius 3 is 2.57 bits per heavy atom. The Labute approximate surface area is 135 Å². The van der Waals surface area contributed by atoms with E-state index in [-0.39, 0.29) is 18.0 Å². The summed E-state index contributed by atoms with van der Waals surface area (Å²) in [6, 6.07) is 11.0. The third-order valence-corrected chi connectivity index (χ3v) is 2.90. The quantitative estimate of drug-likeness (QED) is 0.878. The van der Waals surface area contributed by atoms with Gasteiger partial charge in [0.2, 0.25) is 5.95 Å². The highest BCUT2D eigenvalue weighted by molar-refractivity contribution is 5.84. The number of rotatable bonds is 4. The number of carboxylic acid groups (broad SMARTS) is 1. The summed E-state index contributed by atoms with van der Waals surface area (Å²) in [6.07, 6.45) is 2.07. The van der Waals surface area contributed by atoms with Gasteiger partial charge in [0.05, 0.1) is 17.8 Å². The van der Waals surface area contributed by atoms with Crippen LogP contribution in [0.5, 0.6) is 0 Å². The van der Waals surface area contributed by atoms with Crippen molar-refractivity contribution >= 4 is 18.3 Å². The van der Waals surface area contributed by atoms with Crippen LogP contribution in [0.1, 0.15) is 32.0 Å². The molecule has 0 saturated carbocycles. The number of anilines is 1. The van der Waals surface area contributed by atoms with Gasteiger partial charge in [0, 0.05) is 12.4 Å². The van der Waals surface area contributed by atoms with Crippen LogP contribution in [0.2, 0.25) is 0 Å². The summed E-state index contributed by atoms with van der Waals surface area (Å²) in [5, 5.41) is 9.45. The second kappa shape index (κ2) is 7.00. The summed E-state index contributed by atoms with van der Waals surface area (Å²) < 4.78 is 0. The van der Waals surface area contributed by atoms with Crippen LogP contribution >= 0.6 is 0 Å². The first-order valence-electron chi connectivity index (χ1n) is 7.28. The van der Waals surface area contributed by atoms with E-state index in [1.165, 1.54) is 6.20 Å². The fourth-order valence-corrected chi connectivity index (χ4v) is 1.81. The fourth-order valence-electron chi connectivity index (χ4n) is 1.81. The molecule has 1 amide bonds. The Bertz CT molecular complexity index is 693. The van der Waals surface area contributed by atoms with Crippen molar-refractivity contribution in [2.45, 2.75) is 32.9 Å². The second-order valence-electron chi connectivity index (χ2n) is 6.06. The minimum absolute atomic E-state index is 0.138. The van der Waals surface area contributed by atoms with Crippen LogP contribution < -0.4 is 4.90 Å². The normalized spacial score (nSPS) is 11.6. The van der Waals surface area contributed by atoms with E-state index in [1.54, 1.807) is 12.3 Å². The van der Waals surface area contributed by atoms with Crippen molar-refractivity contribution in [2.75, 3.05) is 4.90 Å². The number of benzene rings is 1. The topological polar surface area (TPSA) is 78.7 Å². The van der Waals surface area contributed by atoms with Crippen molar-refractivity contribution in [2.24, 2.45) is 4.99 Å². The SMILES string of the molecule is CC(C)(C)N=Cc1ccnc(N(Cc2ccccc2)C(=O)O)n1. The molecular formula is C17H20N4O2. The van der Waals surface area contributed by atoms with Crippen molar-refractivity contribution in [1.82, 2.24) is 9.97 Å². The number of aromatic nitrogens is 2. The van der Waals surface area contributed by atoms with Crippen molar-refractivity contribution < 1.29 is 9.90 Å². The third-order valence-electron chi connectivity index (χ3n) is 2.90. The Balaban J connectivity index is 2.26. The predicted octanol–water partition coefficient (Wildman–Crippen LogP) is 3.38. The second-order valence-corrected chi connectivity index (χ2v) is 6.06. The van der Waals surface area contributed by atoms with Gasteiger partial charge in [-0.1, -0.05) is 30.3 Å². The smallest absolute Gasteiger partial charge is 0.414 e. The first-order valence-corrected chi connectivity index (χ1v) is 7.28. The molecule has 0 aliphatic heterocycles. The zero-order valence-corrected chi connectivity index (χ0v) is 13.5. The van der Waals surface area contributed by atoms with E-state index in [4.69, 9.17) is 0 Å². The summed E-state index contributed by atoms with van der Waals surface area (Å²) in [4.78, 5) is 25.4. The van der Waals surface area contributed by atoms with Crippen LogP contribution in [0.25, 0.3) is 0 Å². The molecule has 1 heterocycles. The van der Waals surface area contributed by atoms with E-state index in [9.17, 15) is 9.90 Å². The Hall–Kier alpha value is -2.76. The molecule has 6 heteroatoms. The average Bonchev–Trinajstić information content (AvgIpc) is 2.51. The fraction of sp³-hybridized carbons (Fsp3) is 0.294. The molecule has 1 N–H and O–H groups in total. The Kier molecular flexibility index (Phi) is 5.05. The monoisotopic (exact) mass is 312 g/mol. The first-order chi connectivity index (χ1) is 10.8. The molecule has 0 fully saturated rings. The minimum Gasteiger partial charge on any atom is -0.465 e. The van der Waals surface area contributed by atoms with Crippen LogP contribution in [0.3, 0.4) is 0 Å². The molecule has 0 bridgehead atoms. The lowest BCUT2D eigenvalue weighted by Gasteiger charge is -2.17. The van der Waals surface area contributed by atoms with Crippen molar-refractivity contribution in [3.63, 3.8) is 0 Å². The van der Waals surface area contributed by atoms with Crippen molar-refractivity contribution in [3.05, 3.63) is 53.9 Å². The molecule has 0 aliphatic rings. The number of aliphatic imine (C=N–C) groups is 1. The molecular weight excluding hydrogens is 292 g/mol. The summed E-state index contributed by atoms with van der Waals surface area (Å²) in [6.45, 7) is 6.12. The molecule has 0 saturated heterocycles. The van der Waals surface area contributed by atoms with Gasteiger partial charge in [-0.15, -0.1) is 0 Å². The Morgan fingerprint density at radius 2 is 1.96 bits per heavy atom. The van der Waals surface area contributed by atoms with Crippen molar-refractivity contribution in [1.29, 1.82) is 0 Å². The molecule has 0 atom stereocenters. The maximum Gasteiger partial charge on any atom is 0.414 e. The molecule has 0 spiro atoms. The molecule has 0 unspecified atom stereocenters. The molecule has 2 rings (SSSR count). The summed E-state index contributed by atoms with van der Waals surface area (Å²) >= 11 is 0. The number of nitrogens with zero attached hydrogens (tertiary/aromatic N) is 4. The van der Waals surface area contributed by atoms with E-state index in [0.29, 0.717) is 5.69 Å². The van der Waals surface area contributed by atoms with Crippen LogP contribution in [0.4, 0.5) is 10.7 Å². The van der Waals surface area contributed by atoms with Gasteiger partial charge in [-0.3, -0.25) is 4.99 Å². The predicted molar refractivity (Wildman–Crippen MR) is 90.0 cm³/mol. The van der Waals surface area contributed by atoms with E-state index in [1.807, 2.05) is 51.1 Å². The van der Waals surface area contributed by atoms with Crippen molar-refractivity contribution in [3.8, 4) is 0 Å².